The number of ether oxygens (including phenoxy) is 2. The van der Waals surface area contributed by atoms with Crippen LogP contribution in [0.25, 0.3) is 0 Å². The van der Waals surface area contributed by atoms with E-state index in [1.807, 2.05) is 18.2 Å². The van der Waals surface area contributed by atoms with Gasteiger partial charge in [0, 0.05) is 0 Å². The Morgan fingerprint density at radius 2 is 1.91 bits per heavy atom. The van der Waals surface area contributed by atoms with E-state index in [1.54, 1.807) is 0 Å². The number of hydrogen-bond acceptors (Lipinski definition) is 3. The lowest BCUT2D eigenvalue weighted by atomic mass is 9.98. The van der Waals surface area contributed by atoms with Gasteiger partial charge in [0.1, 0.15) is 50.3 Å². The minimum absolute atomic E-state index is 0.257. The van der Waals surface area contributed by atoms with E-state index in [9.17, 15) is 5.11 Å². The van der Waals surface area contributed by atoms with E-state index < -0.39 is 6.10 Å². The number of nitrogens with one attached hydrogen (secondary N) is 1. The molecule has 5 atom stereocenters. The van der Waals surface area contributed by atoms with Crippen molar-refractivity contribution < 1.29 is 19.5 Å². The minimum Gasteiger partial charge on any atom is -0.490 e. The molecular formula is C19H32NO3+. The van der Waals surface area contributed by atoms with Gasteiger partial charge in [-0.2, -0.15) is 0 Å². The Labute approximate surface area is 140 Å². The number of hydrogen-bond donors (Lipinski definition) is 2. The van der Waals surface area contributed by atoms with Crippen molar-refractivity contribution in [3.8, 4) is 5.75 Å². The van der Waals surface area contributed by atoms with Crippen LogP contribution in [0.4, 0.5) is 0 Å². The Hall–Kier alpha value is -1.10. The maximum atomic E-state index is 10.3. The van der Waals surface area contributed by atoms with Crippen molar-refractivity contribution in [2.75, 3.05) is 26.2 Å². The Kier molecular flexibility index (Phi) is 6.88. The zero-order chi connectivity index (χ0) is 16.8. The average Bonchev–Trinajstić information content (AvgIpc) is 2.51. The van der Waals surface area contributed by atoms with E-state index in [1.165, 1.54) is 10.5 Å². The van der Waals surface area contributed by atoms with Crippen molar-refractivity contribution in [1.29, 1.82) is 0 Å². The number of benzene rings is 1. The SMILES string of the molecule is CC[C@H](C)c1ccccc1OC[C@@H](O)C[NH+]1C[C@@H](C)O[C@@H](C)C1. The third-order valence-corrected chi connectivity index (χ3v) is 4.63. The molecule has 0 radical (unpaired) electrons. The van der Waals surface area contributed by atoms with Gasteiger partial charge in [0.25, 0.3) is 0 Å². The summed E-state index contributed by atoms with van der Waals surface area (Å²) in [4.78, 5) is 1.39. The monoisotopic (exact) mass is 322 g/mol. The molecule has 23 heavy (non-hydrogen) atoms. The fourth-order valence-electron chi connectivity index (χ4n) is 3.37. The van der Waals surface area contributed by atoms with Gasteiger partial charge in [0.15, 0.2) is 0 Å². The van der Waals surface area contributed by atoms with Crippen molar-refractivity contribution in [2.24, 2.45) is 0 Å². The summed E-state index contributed by atoms with van der Waals surface area (Å²) in [7, 11) is 0. The molecular weight excluding hydrogens is 290 g/mol. The number of quaternary nitrogens is 1. The van der Waals surface area contributed by atoms with E-state index in [-0.39, 0.29) is 12.2 Å². The summed E-state index contributed by atoms with van der Waals surface area (Å²) in [6.45, 7) is 11.5. The molecule has 1 fully saturated rings. The molecule has 0 aromatic heterocycles. The maximum Gasteiger partial charge on any atom is 0.137 e. The number of aliphatic hydroxyl groups excluding tert-OH is 1. The standard InChI is InChI=1S/C19H31NO3/c1-5-14(2)18-8-6-7-9-19(18)22-13-17(21)12-20-10-15(3)23-16(4)11-20/h6-9,14-17,21H,5,10-13H2,1-4H3/p+1/t14-,15-,16+,17-/m0/s1. The van der Waals surface area contributed by atoms with Crippen LogP contribution in [-0.2, 0) is 4.74 Å². The second kappa shape index (κ2) is 8.67. The van der Waals surface area contributed by atoms with Gasteiger partial charge in [-0.3, -0.25) is 0 Å². The fourth-order valence-corrected chi connectivity index (χ4v) is 3.37. The van der Waals surface area contributed by atoms with Crippen molar-refractivity contribution in [1.82, 2.24) is 0 Å². The van der Waals surface area contributed by atoms with Gasteiger partial charge in [-0.25, -0.2) is 0 Å². The van der Waals surface area contributed by atoms with Gasteiger partial charge in [-0.15, -0.1) is 0 Å². The molecule has 0 amide bonds. The first-order chi connectivity index (χ1) is 11.0. The molecule has 0 bridgehead atoms. The highest BCUT2D eigenvalue weighted by Gasteiger charge is 2.27. The molecule has 1 aromatic carbocycles. The predicted octanol–water partition coefficient (Wildman–Crippen LogP) is 1.63. The van der Waals surface area contributed by atoms with Crippen molar-refractivity contribution >= 4 is 0 Å². The zero-order valence-electron chi connectivity index (χ0n) is 14.9. The van der Waals surface area contributed by atoms with Crippen LogP contribution in [0.5, 0.6) is 5.75 Å². The van der Waals surface area contributed by atoms with Crippen LogP contribution >= 0.6 is 0 Å². The summed E-state index contributed by atoms with van der Waals surface area (Å²) in [5.74, 6) is 1.37. The molecule has 1 aliphatic rings. The van der Waals surface area contributed by atoms with Crippen molar-refractivity contribution in [2.45, 2.75) is 58.3 Å². The number of rotatable bonds is 7. The molecule has 1 unspecified atom stereocenters. The molecule has 0 saturated carbocycles. The summed E-state index contributed by atoms with van der Waals surface area (Å²) < 4.78 is 11.7. The van der Waals surface area contributed by atoms with Crippen molar-refractivity contribution in [3.05, 3.63) is 29.8 Å². The van der Waals surface area contributed by atoms with Gasteiger partial charge in [0.2, 0.25) is 0 Å². The first kappa shape index (κ1) is 18.2. The predicted molar refractivity (Wildman–Crippen MR) is 92.2 cm³/mol. The lowest BCUT2D eigenvalue weighted by Gasteiger charge is -2.33. The Morgan fingerprint density at radius 1 is 1.26 bits per heavy atom. The summed E-state index contributed by atoms with van der Waals surface area (Å²) in [5, 5.41) is 10.3. The van der Waals surface area contributed by atoms with E-state index in [4.69, 9.17) is 9.47 Å². The smallest absolute Gasteiger partial charge is 0.137 e. The summed E-state index contributed by atoms with van der Waals surface area (Å²) >= 11 is 0. The largest absolute Gasteiger partial charge is 0.490 e. The molecule has 4 heteroatoms. The maximum absolute atomic E-state index is 10.3. The highest BCUT2D eigenvalue weighted by atomic mass is 16.5. The number of aliphatic hydroxyl groups is 1. The molecule has 1 saturated heterocycles. The van der Waals surface area contributed by atoms with Crippen LogP contribution in [-0.4, -0.2) is 49.7 Å². The normalized spacial score (nSPS) is 27.4. The second-order valence-corrected chi connectivity index (χ2v) is 6.93. The Balaban J connectivity index is 1.86. The molecule has 130 valence electrons. The first-order valence-corrected chi connectivity index (χ1v) is 8.88. The number of morpholine rings is 1. The average molecular weight is 322 g/mol. The van der Waals surface area contributed by atoms with Crippen LogP contribution in [0.2, 0.25) is 0 Å². The van der Waals surface area contributed by atoms with Crippen molar-refractivity contribution in [3.63, 3.8) is 0 Å². The Bertz CT molecular complexity index is 469. The summed E-state index contributed by atoms with van der Waals surface area (Å²) in [6.07, 6.45) is 1.14. The molecule has 4 nitrogen and oxygen atoms in total. The lowest BCUT2D eigenvalue weighted by Crippen LogP contribution is -3.16. The molecule has 0 spiro atoms. The molecule has 0 aliphatic carbocycles. The van der Waals surface area contributed by atoms with Crippen LogP contribution in [0.3, 0.4) is 0 Å². The van der Waals surface area contributed by atoms with E-state index >= 15 is 0 Å². The molecule has 2 N–H and O–H groups in total. The van der Waals surface area contributed by atoms with Crippen LogP contribution in [0.1, 0.15) is 45.6 Å². The van der Waals surface area contributed by atoms with E-state index in [2.05, 4.69) is 33.8 Å². The van der Waals surface area contributed by atoms with Gasteiger partial charge in [0.05, 0.1) is 0 Å². The third kappa shape index (κ3) is 5.48. The third-order valence-electron chi connectivity index (χ3n) is 4.63. The zero-order valence-corrected chi connectivity index (χ0v) is 14.9. The minimum atomic E-state index is -0.451. The Morgan fingerprint density at radius 3 is 2.57 bits per heavy atom. The summed E-state index contributed by atoms with van der Waals surface area (Å²) in [5.41, 5.74) is 1.23. The molecule has 1 aliphatic heterocycles. The van der Waals surface area contributed by atoms with Crippen LogP contribution in [0.15, 0.2) is 24.3 Å². The highest BCUT2D eigenvalue weighted by molar-refractivity contribution is 5.35. The van der Waals surface area contributed by atoms with E-state index in [0.29, 0.717) is 19.1 Å². The fraction of sp³-hybridized carbons (Fsp3) is 0.684. The van der Waals surface area contributed by atoms with Crippen LogP contribution < -0.4 is 9.64 Å². The molecule has 2 rings (SSSR count). The van der Waals surface area contributed by atoms with Gasteiger partial charge in [-0.1, -0.05) is 32.0 Å². The second-order valence-electron chi connectivity index (χ2n) is 6.93. The summed E-state index contributed by atoms with van der Waals surface area (Å²) in [6, 6.07) is 8.15. The highest BCUT2D eigenvalue weighted by Crippen LogP contribution is 2.28. The van der Waals surface area contributed by atoms with Gasteiger partial charge >= 0.3 is 0 Å². The van der Waals surface area contributed by atoms with Gasteiger partial charge in [-0.05, 0) is 37.8 Å². The lowest BCUT2D eigenvalue weighted by molar-refractivity contribution is -0.918. The number of para-hydroxylation sites is 1. The van der Waals surface area contributed by atoms with Gasteiger partial charge < -0.3 is 19.5 Å². The first-order valence-electron chi connectivity index (χ1n) is 8.88. The molecule has 1 aromatic rings. The van der Waals surface area contributed by atoms with Crippen LogP contribution in [0, 0.1) is 0 Å². The topological polar surface area (TPSA) is 43.1 Å². The molecule has 1 heterocycles. The van der Waals surface area contributed by atoms with E-state index in [0.717, 1.165) is 25.3 Å². The quantitative estimate of drug-likeness (QED) is 0.802.